The van der Waals surface area contributed by atoms with Crippen LogP contribution in [0.25, 0.3) is 0 Å². The number of carboxylic acid groups (broad SMARTS) is 1. The van der Waals surface area contributed by atoms with E-state index >= 15 is 0 Å². The maximum absolute atomic E-state index is 10.9. The SMILES string of the molecule is BC(=O)C1CCCN1C(=O)O. The van der Waals surface area contributed by atoms with E-state index in [1.54, 1.807) is 0 Å². The Kier molecular flexibility index (Phi) is 2.17. The highest BCUT2D eigenvalue weighted by Gasteiger charge is 2.30. The monoisotopic (exact) mass is 155 g/mol. The topological polar surface area (TPSA) is 57.6 Å². The third kappa shape index (κ3) is 1.53. The molecule has 1 amide bonds. The predicted octanol–water partition coefficient (Wildman–Crippen LogP) is -0.712. The molecule has 11 heavy (non-hydrogen) atoms. The molecule has 1 heterocycles. The first kappa shape index (κ1) is 8.10. The minimum absolute atomic E-state index is 0.0510. The van der Waals surface area contributed by atoms with Gasteiger partial charge in [0.05, 0.1) is 6.04 Å². The van der Waals surface area contributed by atoms with Crippen LogP contribution in [0.4, 0.5) is 4.79 Å². The number of hydrogen-bond donors (Lipinski definition) is 1. The van der Waals surface area contributed by atoms with Crippen molar-refractivity contribution >= 4 is 19.6 Å². The fraction of sp³-hybridized carbons (Fsp3) is 0.667. The molecule has 1 rings (SSSR count). The number of nitrogens with zero attached hydrogens (tertiary/aromatic N) is 1. The van der Waals surface area contributed by atoms with Crippen molar-refractivity contribution in [3.63, 3.8) is 0 Å². The van der Waals surface area contributed by atoms with E-state index in [2.05, 4.69) is 0 Å². The third-order valence-corrected chi connectivity index (χ3v) is 1.97. The summed E-state index contributed by atoms with van der Waals surface area (Å²) in [5.74, 6) is 0. The Hall–Kier alpha value is -0.995. The summed E-state index contributed by atoms with van der Waals surface area (Å²) in [6.07, 6.45) is 0.501. The second-order valence-electron chi connectivity index (χ2n) is 2.74. The van der Waals surface area contributed by atoms with E-state index < -0.39 is 6.09 Å². The van der Waals surface area contributed by atoms with Crippen LogP contribution in [0.1, 0.15) is 12.8 Å². The lowest BCUT2D eigenvalue weighted by Gasteiger charge is -2.18. The van der Waals surface area contributed by atoms with Gasteiger partial charge in [-0.2, -0.15) is 0 Å². The first-order valence-corrected chi connectivity index (χ1v) is 3.63. The lowest BCUT2D eigenvalue weighted by atomic mass is 9.93. The predicted molar refractivity (Wildman–Crippen MR) is 41.3 cm³/mol. The summed E-state index contributed by atoms with van der Waals surface area (Å²) in [5.41, 5.74) is -0.0510. The molecule has 0 aliphatic carbocycles. The van der Waals surface area contributed by atoms with Crippen molar-refractivity contribution < 1.29 is 14.7 Å². The first-order valence-electron chi connectivity index (χ1n) is 3.63. The summed E-state index contributed by atoms with van der Waals surface area (Å²) >= 11 is 0. The number of amides is 1. The zero-order valence-corrected chi connectivity index (χ0v) is 6.41. The van der Waals surface area contributed by atoms with Crippen LogP contribution in [0.2, 0.25) is 0 Å². The molecule has 1 fully saturated rings. The lowest BCUT2D eigenvalue weighted by molar-refractivity contribution is -0.115. The van der Waals surface area contributed by atoms with Gasteiger partial charge in [0.1, 0.15) is 5.68 Å². The van der Waals surface area contributed by atoms with Gasteiger partial charge in [0.15, 0.2) is 7.85 Å². The lowest BCUT2D eigenvalue weighted by Crippen LogP contribution is -2.39. The molecule has 1 unspecified atom stereocenters. The molecule has 1 saturated heterocycles. The van der Waals surface area contributed by atoms with Crippen LogP contribution in [0.3, 0.4) is 0 Å². The van der Waals surface area contributed by atoms with Gasteiger partial charge in [0.25, 0.3) is 0 Å². The van der Waals surface area contributed by atoms with Gasteiger partial charge < -0.3 is 9.90 Å². The fourth-order valence-corrected chi connectivity index (χ4v) is 1.42. The molecule has 0 aromatic carbocycles. The van der Waals surface area contributed by atoms with Crippen molar-refractivity contribution in [3.05, 3.63) is 0 Å². The van der Waals surface area contributed by atoms with Crippen LogP contribution in [-0.4, -0.2) is 42.2 Å². The van der Waals surface area contributed by atoms with Gasteiger partial charge in [-0.1, -0.05) is 0 Å². The third-order valence-electron chi connectivity index (χ3n) is 1.97. The molecule has 4 nitrogen and oxygen atoms in total. The van der Waals surface area contributed by atoms with Crippen molar-refractivity contribution in [2.45, 2.75) is 18.9 Å². The Morgan fingerprint density at radius 2 is 2.18 bits per heavy atom. The Balaban J connectivity index is 2.65. The largest absolute Gasteiger partial charge is 0.465 e. The van der Waals surface area contributed by atoms with Crippen LogP contribution in [0.5, 0.6) is 0 Å². The van der Waals surface area contributed by atoms with Crippen molar-refractivity contribution in [2.24, 2.45) is 0 Å². The number of hydrogen-bond acceptors (Lipinski definition) is 2. The minimum atomic E-state index is -0.984. The smallest absolute Gasteiger partial charge is 0.407 e. The number of carbonyl (C=O) groups excluding carboxylic acids is 1. The average Bonchev–Trinajstić information content (AvgIpc) is 2.32. The van der Waals surface area contributed by atoms with Crippen LogP contribution in [0, 0.1) is 0 Å². The summed E-state index contributed by atoms with van der Waals surface area (Å²) in [6, 6.07) is -0.382. The van der Waals surface area contributed by atoms with E-state index in [4.69, 9.17) is 5.11 Å². The standard InChI is InChI=1S/C6H10BNO3/c7-5(9)4-2-1-3-8(4)6(10)11/h4H,1-3,7H2,(H,10,11). The molecule has 0 bridgehead atoms. The quantitative estimate of drug-likeness (QED) is 0.508. The van der Waals surface area contributed by atoms with E-state index in [0.717, 1.165) is 6.42 Å². The van der Waals surface area contributed by atoms with Gasteiger partial charge >= 0.3 is 6.09 Å². The molecule has 0 aromatic rings. The molecular formula is C6H10BNO3. The highest BCUT2D eigenvalue weighted by Crippen LogP contribution is 2.16. The minimum Gasteiger partial charge on any atom is -0.465 e. The van der Waals surface area contributed by atoms with Gasteiger partial charge in [-0.25, -0.2) is 4.79 Å². The molecule has 1 atom stereocenters. The summed E-state index contributed by atoms with van der Waals surface area (Å²) in [5, 5.41) is 8.61. The number of likely N-dealkylation sites (tertiary alicyclic amines) is 1. The Bertz CT molecular complexity index is 174. The molecule has 60 valence electrons. The highest BCUT2D eigenvalue weighted by molar-refractivity contribution is 6.59. The zero-order chi connectivity index (χ0) is 8.43. The van der Waals surface area contributed by atoms with Gasteiger partial charge in [-0.3, -0.25) is 4.90 Å². The van der Waals surface area contributed by atoms with Crippen molar-refractivity contribution in [1.29, 1.82) is 0 Å². The van der Waals surface area contributed by atoms with E-state index in [1.807, 2.05) is 0 Å². The molecule has 0 spiro atoms. The van der Waals surface area contributed by atoms with Gasteiger partial charge in [0.2, 0.25) is 0 Å². The Labute approximate surface area is 65.6 Å². The van der Waals surface area contributed by atoms with Crippen molar-refractivity contribution in [1.82, 2.24) is 4.90 Å². The maximum Gasteiger partial charge on any atom is 0.407 e. The average molecular weight is 155 g/mol. The van der Waals surface area contributed by atoms with Crippen molar-refractivity contribution in [2.75, 3.05) is 6.54 Å². The Morgan fingerprint density at radius 3 is 2.55 bits per heavy atom. The van der Waals surface area contributed by atoms with E-state index in [0.29, 0.717) is 13.0 Å². The summed E-state index contributed by atoms with van der Waals surface area (Å²) in [7, 11) is 1.44. The van der Waals surface area contributed by atoms with Crippen LogP contribution in [0.15, 0.2) is 0 Å². The van der Waals surface area contributed by atoms with Gasteiger partial charge in [-0.15, -0.1) is 0 Å². The Morgan fingerprint density at radius 1 is 1.55 bits per heavy atom. The number of rotatable bonds is 1. The van der Waals surface area contributed by atoms with Crippen LogP contribution < -0.4 is 0 Å². The normalized spacial score (nSPS) is 23.6. The summed E-state index contributed by atoms with van der Waals surface area (Å²) in [6.45, 7) is 0.500. The van der Waals surface area contributed by atoms with E-state index in [1.165, 1.54) is 12.7 Å². The second-order valence-corrected chi connectivity index (χ2v) is 2.74. The maximum atomic E-state index is 10.9. The second kappa shape index (κ2) is 2.94. The molecular weight excluding hydrogens is 145 g/mol. The first-order chi connectivity index (χ1) is 5.13. The molecule has 0 aromatic heterocycles. The summed E-state index contributed by atoms with van der Waals surface area (Å²) < 4.78 is 0. The molecule has 0 saturated carbocycles. The fourth-order valence-electron chi connectivity index (χ4n) is 1.42. The van der Waals surface area contributed by atoms with E-state index in [-0.39, 0.29) is 11.7 Å². The van der Waals surface area contributed by atoms with Gasteiger partial charge in [0, 0.05) is 6.54 Å². The molecule has 1 N–H and O–H groups in total. The van der Waals surface area contributed by atoms with Crippen LogP contribution >= 0.6 is 0 Å². The molecule has 1 aliphatic rings. The van der Waals surface area contributed by atoms with Crippen molar-refractivity contribution in [3.8, 4) is 0 Å². The molecule has 5 heteroatoms. The van der Waals surface area contributed by atoms with Crippen LogP contribution in [-0.2, 0) is 4.79 Å². The van der Waals surface area contributed by atoms with Gasteiger partial charge in [-0.05, 0) is 12.8 Å². The molecule has 0 radical (unpaired) electrons. The zero-order valence-electron chi connectivity index (χ0n) is 6.41. The highest BCUT2D eigenvalue weighted by atomic mass is 16.4. The number of carbonyl (C=O) groups is 2. The van der Waals surface area contributed by atoms with E-state index in [9.17, 15) is 9.59 Å². The summed E-state index contributed by atoms with van der Waals surface area (Å²) in [4.78, 5) is 22.6. The molecule has 1 aliphatic heterocycles.